The largest absolute Gasteiger partial charge is 0.484 e. The minimum Gasteiger partial charge on any atom is -0.484 e. The highest BCUT2D eigenvalue weighted by Crippen LogP contribution is 2.61. The average Bonchev–Trinajstić information content (AvgIpc) is 0.920. The van der Waals surface area contributed by atoms with Gasteiger partial charge < -0.3 is 43.3 Å². The van der Waals surface area contributed by atoms with Crippen molar-refractivity contribution in [2.75, 3.05) is 39.8 Å². The lowest BCUT2D eigenvalue weighted by Gasteiger charge is -2.41. The van der Waals surface area contributed by atoms with Crippen LogP contribution in [0.5, 0.6) is 17.2 Å². The van der Waals surface area contributed by atoms with Crippen molar-refractivity contribution in [3.8, 4) is 50.6 Å². The van der Waals surface area contributed by atoms with Gasteiger partial charge in [-0.25, -0.2) is 45.0 Å². The third-order valence-corrected chi connectivity index (χ3v) is 24.4. The number of halogens is 21. The highest BCUT2D eigenvalue weighted by Gasteiger charge is 2.65. The van der Waals surface area contributed by atoms with Gasteiger partial charge in [0.25, 0.3) is 0 Å². The van der Waals surface area contributed by atoms with Gasteiger partial charge in [-0.3, -0.25) is 33.2 Å². The summed E-state index contributed by atoms with van der Waals surface area (Å²) in [6.07, 6.45) is -7.88. The van der Waals surface area contributed by atoms with Gasteiger partial charge in [-0.15, -0.1) is 15.3 Å². The van der Waals surface area contributed by atoms with Crippen LogP contribution in [-0.2, 0) is 94.6 Å². The second kappa shape index (κ2) is 51.7. The molecule has 0 amide bonds. The van der Waals surface area contributed by atoms with Crippen LogP contribution in [-0.4, -0.2) is 171 Å². The van der Waals surface area contributed by atoms with E-state index in [4.69, 9.17) is 18.7 Å². The number of alkyl halides is 15. The van der Waals surface area contributed by atoms with Crippen LogP contribution in [0.3, 0.4) is 0 Å². The number of tetrazole rings is 3. The van der Waals surface area contributed by atoms with Gasteiger partial charge in [0.05, 0.1) is 32.8 Å². The predicted octanol–water partition coefficient (Wildman–Crippen LogP) is 22.6. The van der Waals surface area contributed by atoms with Crippen molar-refractivity contribution in [3.05, 3.63) is 342 Å². The number of rotatable bonds is 37. The van der Waals surface area contributed by atoms with Crippen molar-refractivity contribution < 1.29 is 154 Å². The molecule has 6 aromatic heterocycles. The van der Waals surface area contributed by atoms with Gasteiger partial charge in [-0.1, -0.05) is 130 Å². The molecular weight excluding hydrogens is 2070 g/mol. The van der Waals surface area contributed by atoms with E-state index in [-0.39, 0.29) is 62.5 Å². The summed E-state index contributed by atoms with van der Waals surface area (Å²) in [6, 6.07) is 46.7. The molecule has 14 aromatic rings. The number of ether oxygens (including phenoxy) is 3. The molecule has 0 spiro atoms. The number of hydrogen-bond acceptors (Lipinski definition) is 24. The zero-order chi connectivity index (χ0) is 107. The van der Waals surface area contributed by atoms with E-state index in [0.29, 0.717) is 81.5 Å². The van der Waals surface area contributed by atoms with Crippen molar-refractivity contribution in [1.82, 2.24) is 80.2 Å². The summed E-state index contributed by atoms with van der Waals surface area (Å²) in [5.41, 5.74) is -12.3. The van der Waals surface area contributed by atoms with Gasteiger partial charge in [0, 0.05) is 95.5 Å². The van der Waals surface area contributed by atoms with Crippen LogP contribution in [0.4, 0.5) is 92.2 Å². The van der Waals surface area contributed by atoms with Crippen molar-refractivity contribution in [3.63, 3.8) is 0 Å². The molecule has 796 valence electrons. The molecule has 53 heteroatoms. The van der Waals surface area contributed by atoms with Crippen molar-refractivity contribution in [1.29, 1.82) is 0 Å². The Hall–Kier alpha value is -13.1. The van der Waals surface area contributed by atoms with Crippen LogP contribution in [0, 0.1) is 34.9 Å². The fourth-order valence-corrected chi connectivity index (χ4v) is 17.9. The summed E-state index contributed by atoms with van der Waals surface area (Å²) >= 11 is 0. The molecule has 6 heterocycles. The Balaban J connectivity index is 0.000000247. The zero-order valence-corrected chi connectivity index (χ0v) is 79.9. The quantitative estimate of drug-likeness (QED) is 0.0207. The van der Waals surface area contributed by atoms with Crippen molar-refractivity contribution in [2.24, 2.45) is 0 Å². The first-order chi connectivity index (χ1) is 68.6. The summed E-state index contributed by atoms with van der Waals surface area (Å²) in [6.45, 7) is 6.56. The Morgan fingerprint density at radius 2 is 0.709 bits per heavy atom. The second-order valence-corrected chi connectivity index (χ2v) is 36.8. The molecule has 0 saturated carbocycles. The maximum Gasteiger partial charge on any atom is 0.470 e. The molecule has 5 unspecified atom stereocenters. The van der Waals surface area contributed by atoms with Gasteiger partial charge in [-0.2, -0.15) is 65.9 Å². The van der Waals surface area contributed by atoms with Crippen LogP contribution in [0.25, 0.3) is 33.4 Å². The van der Waals surface area contributed by atoms with Gasteiger partial charge in [0.1, 0.15) is 96.5 Å². The first kappa shape index (κ1) is 120. The number of nitrogens with zero attached hydrogens (tertiary/aromatic N) is 16. The third-order valence-electron chi connectivity index (χ3n) is 20.6. The molecular formula is C95H96F21N16O13P3. The number of aliphatic hydroxyl groups excluding tert-OH is 1. The zero-order valence-electron chi connectivity index (χ0n) is 77.2. The molecule has 148 heavy (non-hydrogen) atoms. The smallest absolute Gasteiger partial charge is 0.470 e. The summed E-state index contributed by atoms with van der Waals surface area (Å²) in [4.78, 5) is 30.5. The number of aliphatic hydroxyl groups is 2. The van der Waals surface area contributed by atoms with Gasteiger partial charge in [0.2, 0.25) is 0 Å². The number of phosphoric acid groups is 1. The molecule has 0 aliphatic carbocycles. The van der Waals surface area contributed by atoms with Gasteiger partial charge >= 0.3 is 51.7 Å². The van der Waals surface area contributed by atoms with Crippen LogP contribution in [0.2, 0.25) is 0 Å². The Bertz CT molecular complexity index is 6540. The highest BCUT2D eigenvalue weighted by molar-refractivity contribution is 7.53. The fourth-order valence-electron chi connectivity index (χ4n) is 14.2. The van der Waals surface area contributed by atoms with Gasteiger partial charge in [0.15, 0.2) is 36.6 Å². The summed E-state index contributed by atoms with van der Waals surface area (Å²) in [7, 11) is -10.9. The monoisotopic (exact) mass is 2160 g/mol. The van der Waals surface area contributed by atoms with Crippen molar-refractivity contribution in [2.45, 2.75) is 148 Å². The van der Waals surface area contributed by atoms with E-state index in [0.717, 1.165) is 96.1 Å². The lowest BCUT2D eigenvalue weighted by atomic mass is 9.84. The number of hydrogen-bond donors (Lipinski definition) is 4. The van der Waals surface area contributed by atoms with E-state index >= 15 is 30.7 Å². The normalized spacial score (nSPS) is 13.8. The minimum absolute atomic E-state index is 0. The molecule has 4 N–H and O–H groups in total. The summed E-state index contributed by atoms with van der Waals surface area (Å²) in [5.74, 6) is -21.1. The molecule has 0 fully saturated rings. The van der Waals surface area contributed by atoms with Crippen LogP contribution in [0.15, 0.2) is 262 Å². The number of pyridine rings is 3. The third kappa shape index (κ3) is 32.7. The molecule has 0 aliphatic heterocycles. The summed E-state index contributed by atoms with van der Waals surface area (Å²) < 4.78 is 362. The molecule has 8 aromatic carbocycles. The standard InChI is InChI=1S/C31H25F7N5O4P.C23H17F7N5O5P.C23H16F7N5O2.C14H24NOP.C2H6O.2CH4/c1-48(44,46-17-21-5-3-2-4-6-21)47-29(18-43-20-40-41-42-43,26-13-10-24(32)15-27(26)33)31(37,38)28-14-9-23(16-39-28)22-7-11-25(12-8-22)45-19-30(34,35)36;24-16-4-7-18(19(25)9-16)21(40-41(36,37)38,11-35-13-32-33-34-35)23(29,30)20-8-3-15(10-31-20)14-1-5-17(6-2-14)39-12-22(26,27)28;24-16-4-7-18(19(25)9-16)21(36,11-35-13-32-33-34-35)23(29,30)20-8-3-15(10-31-20)14-1-5-17(6-2-14)37-12-22(26,27)28;1-12(2)15(13(3)4)17(5)16-11-14-9-7-6-8-10-14;1-2-3;;/h2-16,20H,17-19H2,1H3;1-10,13H,11-12H2,(H2,36,37,38);1-10,13,36H,11-12H2;6-10,12-13H,11H2,1-5H3;3H,2H2,1H3;2*1H4. The number of aromatic nitrogens is 15. The number of benzene rings is 8. The Morgan fingerprint density at radius 3 is 1.00 bits per heavy atom. The SMILES string of the molecule is C.C.CC(C)N(C(C)C)P(C)OCc1ccccc1.CCO.CP(=O)(OCc1ccccc1)OC(Cn1cnnn1)(c1ccc(F)cc1F)C(F)(F)c1ccc(-c2ccc(OCC(F)(F)F)cc2)cn1.O=P(O)(O)OC(Cn1cnnn1)(c1ccc(F)cc1F)C(F)(F)c1ccc(-c2ccc(OCC(F)(F)F)cc2)cn1.OC(Cn1cnnn1)(c1ccc(F)cc1F)C(F)(F)c1ccc(-c2ccc(OCC(F)(F)F)cc2)cn1. The molecule has 14 rings (SSSR count). The van der Waals surface area contributed by atoms with Gasteiger partial charge in [-0.05, 0) is 191 Å². The maximum atomic E-state index is 17.1. The molecule has 0 bridgehead atoms. The highest BCUT2D eigenvalue weighted by atomic mass is 31.2. The molecule has 0 aliphatic rings. The summed E-state index contributed by atoms with van der Waals surface area (Å²) in [5, 5.41) is 49.2. The molecule has 29 nitrogen and oxygen atoms in total. The minimum atomic E-state index is -5.83. The topological polar surface area (TPSA) is 352 Å². The Kier molecular flexibility index (Phi) is 41.9. The maximum absolute atomic E-state index is 17.1. The first-order valence-corrected chi connectivity index (χ1v) is 47.9. The van der Waals surface area contributed by atoms with E-state index in [2.05, 4.69) is 144 Å². The fraction of sp³-hybridized carbons (Fsp3) is 0.305. The van der Waals surface area contributed by atoms with E-state index < -0.39 is 185 Å². The molecule has 0 radical (unpaired) electrons. The van der Waals surface area contributed by atoms with Crippen LogP contribution < -0.4 is 14.2 Å². The molecule has 5 atom stereocenters. The lowest BCUT2D eigenvalue weighted by Crippen LogP contribution is -2.49. The van der Waals surface area contributed by atoms with Crippen molar-refractivity contribution >= 4 is 23.7 Å². The van der Waals surface area contributed by atoms with E-state index in [1.54, 1.807) is 37.3 Å². The van der Waals surface area contributed by atoms with Crippen LogP contribution in [0.1, 0.15) is 94.4 Å². The lowest BCUT2D eigenvalue weighted by molar-refractivity contribution is -0.207. The van der Waals surface area contributed by atoms with E-state index in [1.165, 1.54) is 90.5 Å². The Morgan fingerprint density at radius 1 is 0.405 bits per heavy atom. The molecule has 0 saturated heterocycles. The van der Waals surface area contributed by atoms with E-state index in [9.17, 15) is 85.5 Å². The van der Waals surface area contributed by atoms with E-state index in [1.807, 2.05) is 6.07 Å². The number of phosphoric ester groups is 1. The predicted molar refractivity (Wildman–Crippen MR) is 497 cm³/mol. The average molecular weight is 2160 g/mol. The van der Waals surface area contributed by atoms with Crippen LogP contribution >= 0.6 is 23.7 Å². The Labute approximate surface area is 833 Å². The second-order valence-electron chi connectivity index (χ2n) is 32.0. The first-order valence-electron chi connectivity index (χ1n) is 42.8.